The van der Waals surface area contributed by atoms with Crippen LogP contribution < -0.4 is 5.32 Å². The molecule has 28 heavy (non-hydrogen) atoms. The normalized spacial score (nSPS) is 21.7. The third-order valence-electron chi connectivity index (χ3n) is 5.43. The van der Waals surface area contributed by atoms with Gasteiger partial charge >= 0.3 is 0 Å². The van der Waals surface area contributed by atoms with Crippen LogP contribution >= 0.6 is 0 Å². The summed E-state index contributed by atoms with van der Waals surface area (Å²) in [4.78, 5) is 17.0. The Labute approximate surface area is 164 Å². The van der Waals surface area contributed by atoms with E-state index < -0.39 is 0 Å². The van der Waals surface area contributed by atoms with Crippen molar-refractivity contribution in [2.75, 3.05) is 51.3 Å². The van der Waals surface area contributed by atoms with Crippen LogP contribution in [0.5, 0.6) is 0 Å². The smallest absolute Gasteiger partial charge is 0.239 e. The number of aromatic nitrogens is 3. The zero-order valence-electron chi connectivity index (χ0n) is 16.3. The lowest BCUT2D eigenvalue weighted by atomic mass is 9.92. The Morgan fingerprint density at radius 3 is 2.96 bits per heavy atom. The number of hydrogen-bond acceptors (Lipinski definition) is 7. The van der Waals surface area contributed by atoms with E-state index in [-0.39, 0.29) is 5.91 Å². The molecule has 2 aliphatic rings. The second kappa shape index (κ2) is 8.85. The van der Waals surface area contributed by atoms with Crippen LogP contribution in [0.2, 0.25) is 0 Å². The zero-order valence-corrected chi connectivity index (χ0v) is 16.3. The maximum atomic E-state index is 12.3. The molecule has 4 rings (SSSR count). The van der Waals surface area contributed by atoms with Crippen molar-refractivity contribution in [3.05, 3.63) is 29.3 Å². The maximum absolute atomic E-state index is 12.3. The highest BCUT2D eigenvalue weighted by Crippen LogP contribution is 2.28. The molecule has 152 valence electrons. The van der Waals surface area contributed by atoms with Gasteiger partial charge < -0.3 is 14.6 Å². The summed E-state index contributed by atoms with van der Waals surface area (Å²) in [6.45, 7) is 8.35. The van der Waals surface area contributed by atoms with Crippen molar-refractivity contribution in [2.45, 2.75) is 32.2 Å². The van der Waals surface area contributed by atoms with E-state index in [1.54, 1.807) is 13.0 Å². The molecule has 1 amide bonds. The Morgan fingerprint density at radius 1 is 1.32 bits per heavy atom. The minimum absolute atomic E-state index is 0.0629. The first-order valence-electron chi connectivity index (χ1n) is 9.95. The van der Waals surface area contributed by atoms with Gasteiger partial charge in [-0.3, -0.25) is 19.7 Å². The molecule has 2 aromatic heterocycles. The third kappa shape index (κ3) is 4.78. The molecule has 0 aliphatic carbocycles. The number of nitrogens with one attached hydrogen (secondary N) is 2. The van der Waals surface area contributed by atoms with Gasteiger partial charge in [-0.05, 0) is 26.3 Å². The average Bonchev–Trinajstić information content (AvgIpc) is 3.31. The fourth-order valence-corrected chi connectivity index (χ4v) is 4.05. The minimum atomic E-state index is -0.0629. The molecule has 0 unspecified atom stereocenters. The molecule has 9 heteroatoms. The van der Waals surface area contributed by atoms with Crippen LogP contribution in [0.3, 0.4) is 0 Å². The minimum Gasteiger partial charge on any atom is -0.379 e. The Bertz CT molecular complexity index is 782. The van der Waals surface area contributed by atoms with E-state index in [1.165, 1.54) is 11.3 Å². The highest BCUT2D eigenvalue weighted by Gasteiger charge is 2.26. The summed E-state index contributed by atoms with van der Waals surface area (Å²) in [5.74, 6) is 1.46. The number of amides is 1. The van der Waals surface area contributed by atoms with Crippen molar-refractivity contribution < 1.29 is 14.1 Å². The molecule has 2 fully saturated rings. The number of H-pyrrole nitrogens is 1. The first-order valence-corrected chi connectivity index (χ1v) is 9.95. The summed E-state index contributed by atoms with van der Waals surface area (Å²) in [7, 11) is 0. The summed E-state index contributed by atoms with van der Waals surface area (Å²) >= 11 is 0. The van der Waals surface area contributed by atoms with E-state index in [1.807, 2.05) is 6.20 Å². The Hall–Kier alpha value is -2.23. The van der Waals surface area contributed by atoms with E-state index >= 15 is 0 Å². The predicted octanol–water partition coefficient (Wildman–Crippen LogP) is 1.36. The fraction of sp³-hybridized carbons (Fsp3) is 0.632. The van der Waals surface area contributed by atoms with Crippen LogP contribution in [0, 0.1) is 6.92 Å². The average molecular weight is 388 g/mol. The molecule has 0 radical (unpaired) electrons. The monoisotopic (exact) mass is 388 g/mol. The molecule has 2 aliphatic heterocycles. The Kier molecular flexibility index (Phi) is 6.04. The summed E-state index contributed by atoms with van der Waals surface area (Å²) in [5, 5.41) is 14.2. The summed E-state index contributed by atoms with van der Waals surface area (Å²) in [6.07, 6.45) is 4.12. The van der Waals surface area contributed by atoms with Crippen molar-refractivity contribution in [2.24, 2.45) is 0 Å². The molecule has 2 saturated heterocycles. The molecule has 2 aromatic rings. The summed E-state index contributed by atoms with van der Waals surface area (Å²) < 4.78 is 10.4. The van der Waals surface area contributed by atoms with E-state index in [2.05, 4.69) is 30.5 Å². The lowest BCUT2D eigenvalue weighted by Gasteiger charge is -2.32. The standard InChI is InChI=1S/C19H28N6O3/c1-14-9-17(23-28-14)21-18(26)13-25-4-2-3-15(11-25)19-16(10-20-22-19)12-24-5-7-27-8-6-24/h9-10,15H,2-8,11-13H2,1H3,(H,20,22)(H,21,23,26)/t15-/m0/s1. The second-order valence-electron chi connectivity index (χ2n) is 7.64. The number of nitrogens with zero attached hydrogens (tertiary/aromatic N) is 4. The van der Waals surface area contributed by atoms with Gasteiger partial charge in [0.05, 0.1) is 26.0 Å². The highest BCUT2D eigenvalue weighted by molar-refractivity contribution is 5.91. The van der Waals surface area contributed by atoms with Gasteiger partial charge in [0, 0.05) is 49.4 Å². The number of hydrogen-bond donors (Lipinski definition) is 2. The van der Waals surface area contributed by atoms with E-state index in [0.717, 1.165) is 58.8 Å². The van der Waals surface area contributed by atoms with Gasteiger partial charge in [-0.15, -0.1) is 0 Å². The maximum Gasteiger partial charge on any atom is 0.239 e. The van der Waals surface area contributed by atoms with E-state index in [9.17, 15) is 4.79 Å². The largest absolute Gasteiger partial charge is 0.379 e. The van der Waals surface area contributed by atoms with E-state index in [0.29, 0.717) is 24.0 Å². The van der Waals surface area contributed by atoms with Gasteiger partial charge in [0.2, 0.25) is 5.91 Å². The van der Waals surface area contributed by atoms with Crippen molar-refractivity contribution >= 4 is 11.7 Å². The topological polar surface area (TPSA) is 99.5 Å². The van der Waals surface area contributed by atoms with Crippen molar-refractivity contribution in [3.8, 4) is 0 Å². The SMILES string of the molecule is Cc1cc(NC(=O)CN2CCC[C@H](c3[nH]ncc3CN3CCOCC3)C2)no1. The third-order valence-corrected chi connectivity index (χ3v) is 5.43. The number of carbonyl (C=O) groups is 1. The van der Waals surface area contributed by atoms with Gasteiger partial charge in [-0.2, -0.15) is 5.10 Å². The molecule has 0 aromatic carbocycles. The predicted molar refractivity (Wildman–Crippen MR) is 103 cm³/mol. The van der Waals surface area contributed by atoms with Crippen molar-refractivity contribution in [1.82, 2.24) is 25.2 Å². The fourth-order valence-electron chi connectivity index (χ4n) is 4.05. The highest BCUT2D eigenvalue weighted by atomic mass is 16.5. The van der Waals surface area contributed by atoms with Gasteiger partial charge in [0.15, 0.2) is 5.82 Å². The Balaban J connectivity index is 1.33. The van der Waals surface area contributed by atoms with Gasteiger partial charge in [0.25, 0.3) is 0 Å². The van der Waals surface area contributed by atoms with Crippen molar-refractivity contribution in [1.29, 1.82) is 0 Å². The van der Waals surface area contributed by atoms with Gasteiger partial charge in [-0.25, -0.2) is 0 Å². The lowest BCUT2D eigenvalue weighted by Crippen LogP contribution is -2.40. The first kappa shape index (κ1) is 19.1. The zero-order chi connectivity index (χ0) is 19.3. The van der Waals surface area contributed by atoms with Crippen LogP contribution in [0.4, 0.5) is 5.82 Å². The quantitative estimate of drug-likeness (QED) is 0.771. The molecular formula is C19H28N6O3. The second-order valence-corrected chi connectivity index (χ2v) is 7.64. The molecule has 1 atom stereocenters. The summed E-state index contributed by atoms with van der Waals surface area (Å²) in [6, 6.07) is 1.72. The number of morpholine rings is 1. The molecule has 9 nitrogen and oxygen atoms in total. The number of anilines is 1. The van der Waals surface area contributed by atoms with Crippen LogP contribution in [-0.4, -0.2) is 77.0 Å². The molecule has 2 N–H and O–H groups in total. The molecule has 4 heterocycles. The molecule has 0 saturated carbocycles. The number of piperidine rings is 1. The van der Waals surface area contributed by atoms with Crippen molar-refractivity contribution in [3.63, 3.8) is 0 Å². The molecule has 0 bridgehead atoms. The molecule has 0 spiro atoms. The Morgan fingerprint density at radius 2 is 2.18 bits per heavy atom. The number of rotatable bonds is 6. The molecular weight excluding hydrogens is 360 g/mol. The van der Waals surface area contributed by atoms with Crippen LogP contribution in [0.25, 0.3) is 0 Å². The van der Waals surface area contributed by atoms with Crippen LogP contribution in [0.15, 0.2) is 16.8 Å². The number of aryl methyl sites for hydroxylation is 1. The number of likely N-dealkylation sites (tertiary alicyclic amines) is 1. The number of aromatic amines is 1. The van der Waals surface area contributed by atoms with E-state index in [4.69, 9.17) is 9.26 Å². The lowest BCUT2D eigenvalue weighted by molar-refractivity contribution is -0.117. The number of ether oxygens (including phenoxy) is 1. The summed E-state index contributed by atoms with van der Waals surface area (Å²) in [5.41, 5.74) is 2.47. The number of carbonyl (C=O) groups excluding carboxylic acids is 1. The van der Waals surface area contributed by atoms with Gasteiger partial charge in [-0.1, -0.05) is 5.16 Å². The van der Waals surface area contributed by atoms with Crippen LogP contribution in [-0.2, 0) is 16.1 Å². The first-order chi connectivity index (χ1) is 13.7. The van der Waals surface area contributed by atoms with Crippen LogP contribution in [0.1, 0.15) is 35.8 Å². The van der Waals surface area contributed by atoms with Gasteiger partial charge in [0.1, 0.15) is 5.76 Å².